The molecule has 0 radical (unpaired) electrons. The molecule has 2 nitrogen and oxygen atoms in total. The highest BCUT2D eigenvalue weighted by molar-refractivity contribution is 5.91. The van der Waals surface area contributed by atoms with Gasteiger partial charge in [0.05, 0.1) is 12.2 Å². The van der Waals surface area contributed by atoms with Gasteiger partial charge in [-0.3, -0.25) is 4.79 Å². The quantitative estimate of drug-likeness (QED) is 0.661. The molecule has 16 heavy (non-hydrogen) atoms. The number of amides is 1. The van der Waals surface area contributed by atoms with Crippen molar-refractivity contribution in [2.45, 2.75) is 6.54 Å². The fourth-order valence-electron chi connectivity index (χ4n) is 2.24. The Kier molecular flexibility index (Phi) is 2.00. The summed E-state index contributed by atoms with van der Waals surface area (Å²) in [6.45, 7) is 0.663. The van der Waals surface area contributed by atoms with Crippen molar-refractivity contribution < 1.29 is 4.79 Å². The number of carbonyl (C=O) groups excluding carboxylic acids is 1. The SMILES string of the molecule is O=CN1Cc2ccccc2-c2ccccc21. The number of fused-ring (bicyclic) bond motifs is 3. The molecular formula is C14H11NO. The van der Waals surface area contributed by atoms with Gasteiger partial charge in [-0.15, -0.1) is 0 Å². The Morgan fingerprint density at radius 1 is 0.938 bits per heavy atom. The van der Waals surface area contributed by atoms with Gasteiger partial charge in [0, 0.05) is 5.56 Å². The van der Waals surface area contributed by atoms with E-state index in [9.17, 15) is 4.79 Å². The minimum atomic E-state index is 0.663. The Morgan fingerprint density at radius 2 is 1.62 bits per heavy atom. The largest absolute Gasteiger partial charge is 0.310 e. The maximum Gasteiger partial charge on any atom is 0.214 e. The zero-order valence-electron chi connectivity index (χ0n) is 8.76. The van der Waals surface area contributed by atoms with Crippen molar-refractivity contribution in [3.63, 3.8) is 0 Å². The van der Waals surface area contributed by atoms with E-state index < -0.39 is 0 Å². The molecule has 0 unspecified atom stereocenters. The van der Waals surface area contributed by atoms with Gasteiger partial charge >= 0.3 is 0 Å². The molecule has 2 aromatic rings. The fraction of sp³-hybridized carbons (Fsp3) is 0.0714. The molecule has 0 atom stereocenters. The van der Waals surface area contributed by atoms with Gasteiger partial charge in [0.15, 0.2) is 0 Å². The van der Waals surface area contributed by atoms with Gasteiger partial charge in [-0.05, 0) is 17.2 Å². The summed E-state index contributed by atoms with van der Waals surface area (Å²) in [5.41, 5.74) is 4.57. The second-order valence-electron chi connectivity index (χ2n) is 3.91. The number of carbonyl (C=O) groups is 1. The van der Waals surface area contributed by atoms with Crippen LogP contribution in [0.1, 0.15) is 5.56 Å². The third kappa shape index (κ3) is 1.23. The van der Waals surface area contributed by atoms with Crippen LogP contribution in [0.3, 0.4) is 0 Å². The van der Waals surface area contributed by atoms with E-state index in [-0.39, 0.29) is 0 Å². The van der Waals surface area contributed by atoms with E-state index in [1.54, 1.807) is 4.90 Å². The third-order valence-electron chi connectivity index (χ3n) is 2.99. The number of nitrogens with zero attached hydrogens (tertiary/aromatic N) is 1. The summed E-state index contributed by atoms with van der Waals surface area (Å²) < 4.78 is 0. The summed E-state index contributed by atoms with van der Waals surface area (Å²) in [7, 11) is 0. The molecule has 0 aliphatic carbocycles. The van der Waals surface area contributed by atoms with Crippen LogP contribution in [0, 0.1) is 0 Å². The molecule has 2 heteroatoms. The van der Waals surface area contributed by atoms with Crippen molar-refractivity contribution in [3.05, 3.63) is 54.1 Å². The number of rotatable bonds is 1. The normalized spacial score (nSPS) is 12.9. The fourth-order valence-corrected chi connectivity index (χ4v) is 2.24. The Hall–Kier alpha value is -2.09. The minimum Gasteiger partial charge on any atom is -0.310 e. The molecule has 1 amide bonds. The van der Waals surface area contributed by atoms with Crippen molar-refractivity contribution in [2.24, 2.45) is 0 Å². The van der Waals surface area contributed by atoms with Gasteiger partial charge in [0.25, 0.3) is 0 Å². The molecular weight excluding hydrogens is 198 g/mol. The molecule has 0 aromatic heterocycles. The summed E-state index contributed by atoms with van der Waals surface area (Å²) in [6, 6.07) is 16.2. The van der Waals surface area contributed by atoms with Crippen molar-refractivity contribution in [3.8, 4) is 11.1 Å². The highest BCUT2D eigenvalue weighted by Crippen LogP contribution is 2.37. The van der Waals surface area contributed by atoms with E-state index in [1.807, 2.05) is 30.3 Å². The lowest BCUT2D eigenvalue weighted by Crippen LogP contribution is -2.24. The van der Waals surface area contributed by atoms with E-state index in [0.29, 0.717) is 6.54 Å². The molecule has 0 spiro atoms. The molecule has 0 bridgehead atoms. The summed E-state index contributed by atoms with van der Waals surface area (Å²) in [5.74, 6) is 0. The number of benzene rings is 2. The maximum atomic E-state index is 11.1. The summed E-state index contributed by atoms with van der Waals surface area (Å²) >= 11 is 0. The van der Waals surface area contributed by atoms with E-state index in [4.69, 9.17) is 0 Å². The monoisotopic (exact) mass is 209 g/mol. The molecule has 1 heterocycles. The molecule has 0 saturated heterocycles. The molecule has 2 aromatic carbocycles. The Balaban J connectivity index is 2.28. The second kappa shape index (κ2) is 3.49. The molecule has 0 saturated carbocycles. The lowest BCUT2D eigenvalue weighted by molar-refractivity contribution is -0.107. The average Bonchev–Trinajstić information content (AvgIpc) is 2.38. The average molecular weight is 209 g/mol. The number of anilines is 1. The standard InChI is InChI=1S/C14H11NO/c16-10-15-9-11-5-1-2-6-12(11)13-7-3-4-8-14(13)15/h1-8,10H,9H2. The highest BCUT2D eigenvalue weighted by atomic mass is 16.1. The predicted octanol–water partition coefficient (Wildman–Crippen LogP) is 2.83. The zero-order valence-corrected chi connectivity index (χ0v) is 8.76. The highest BCUT2D eigenvalue weighted by Gasteiger charge is 2.20. The summed E-state index contributed by atoms with van der Waals surface area (Å²) in [5, 5.41) is 0. The maximum absolute atomic E-state index is 11.1. The Bertz CT molecular complexity index is 548. The third-order valence-corrected chi connectivity index (χ3v) is 2.99. The Morgan fingerprint density at radius 3 is 2.44 bits per heavy atom. The van der Waals surface area contributed by atoms with Gasteiger partial charge in [-0.25, -0.2) is 0 Å². The van der Waals surface area contributed by atoms with Crippen LogP contribution in [-0.4, -0.2) is 6.41 Å². The smallest absolute Gasteiger partial charge is 0.214 e. The molecule has 3 rings (SSSR count). The van der Waals surface area contributed by atoms with Crippen LogP contribution in [-0.2, 0) is 11.3 Å². The first-order valence-electron chi connectivity index (χ1n) is 5.29. The minimum absolute atomic E-state index is 0.663. The van der Waals surface area contributed by atoms with E-state index >= 15 is 0 Å². The van der Waals surface area contributed by atoms with E-state index in [1.165, 1.54) is 11.1 Å². The molecule has 0 N–H and O–H groups in total. The van der Waals surface area contributed by atoms with Crippen molar-refractivity contribution in [2.75, 3.05) is 4.90 Å². The van der Waals surface area contributed by atoms with Crippen LogP contribution in [0.15, 0.2) is 48.5 Å². The van der Waals surface area contributed by atoms with Gasteiger partial charge < -0.3 is 4.90 Å². The molecule has 0 fully saturated rings. The van der Waals surface area contributed by atoms with E-state index in [2.05, 4.69) is 18.2 Å². The molecule has 1 aliphatic heterocycles. The van der Waals surface area contributed by atoms with Crippen molar-refractivity contribution >= 4 is 12.1 Å². The van der Waals surface area contributed by atoms with Gasteiger partial charge in [0.2, 0.25) is 6.41 Å². The number of hydrogen-bond donors (Lipinski definition) is 0. The first kappa shape index (κ1) is 9.16. The predicted molar refractivity (Wildman–Crippen MR) is 64.1 cm³/mol. The lowest BCUT2D eigenvalue weighted by atomic mass is 9.94. The first-order valence-corrected chi connectivity index (χ1v) is 5.29. The van der Waals surface area contributed by atoms with Crippen molar-refractivity contribution in [1.82, 2.24) is 0 Å². The number of para-hydroxylation sites is 1. The topological polar surface area (TPSA) is 20.3 Å². The Labute approximate surface area is 94.1 Å². The van der Waals surface area contributed by atoms with Crippen molar-refractivity contribution in [1.29, 1.82) is 0 Å². The van der Waals surface area contributed by atoms with Crippen LogP contribution in [0.2, 0.25) is 0 Å². The van der Waals surface area contributed by atoms with Crippen LogP contribution in [0.5, 0.6) is 0 Å². The first-order chi connectivity index (χ1) is 7.90. The van der Waals surface area contributed by atoms with Gasteiger partial charge in [-0.1, -0.05) is 42.5 Å². The summed E-state index contributed by atoms with van der Waals surface area (Å²) in [4.78, 5) is 12.8. The second-order valence-corrected chi connectivity index (χ2v) is 3.91. The zero-order chi connectivity index (χ0) is 11.0. The van der Waals surface area contributed by atoms with E-state index in [0.717, 1.165) is 17.7 Å². The van der Waals surface area contributed by atoms with Gasteiger partial charge in [-0.2, -0.15) is 0 Å². The summed E-state index contributed by atoms with van der Waals surface area (Å²) in [6.07, 6.45) is 0.898. The lowest BCUT2D eigenvalue weighted by Gasteiger charge is -2.27. The van der Waals surface area contributed by atoms with Crippen LogP contribution in [0.25, 0.3) is 11.1 Å². The van der Waals surface area contributed by atoms with Crippen LogP contribution >= 0.6 is 0 Å². The molecule has 1 aliphatic rings. The van der Waals surface area contributed by atoms with Gasteiger partial charge in [0.1, 0.15) is 0 Å². The van der Waals surface area contributed by atoms with Crippen LogP contribution in [0.4, 0.5) is 5.69 Å². The number of hydrogen-bond acceptors (Lipinski definition) is 1. The molecule has 78 valence electrons. The van der Waals surface area contributed by atoms with Crippen LogP contribution < -0.4 is 4.90 Å².